The third kappa shape index (κ3) is 3.75. The molecule has 1 amide bonds. The van der Waals surface area contributed by atoms with Crippen LogP contribution in [0.15, 0.2) is 65.3 Å². The lowest BCUT2D eigenvalue weighted by Crippen LogP contribution is -2.28. The lowest BCUT2D eigenvalue weighted by molar-refractivity contribution is 0.0974. The Morgan fingerprint density at radius 2 is 1.70 bits per heavy atom. The monoisotopic (exact) mass is 420 g/mol. The van der Waals surface area contributed by atoms with Gasteiger partial charge in [-0.05, 0) is 24.6 Å². The van der Waals surface area contributed by atoms with Crippen molar-refractivity contribution in [1.29, 1.82) is 0 Å². The van der Waals surface area contributed by atoms with Crippen LogP contribution in [0.25, 0.3) is 0 Å². The first-order valence-corrected chi connectivity index (χ1v) is 9.56. The van der Waals surface area contributed by atoms with E-state index in [0.717, 1.165) is 11.3 Å². The molecule has 0 spiro atoms. The number of aromatic amines is 1. The van der Waals surface area contributed by atoms with Crippen molar-refractivity contribution in [1.82, 2.24) is 15.5 Å². The second kappa shape index (κ2) is 7.96. The number of aryl methyl sites for hydroxylation is 1. The Labute approximate surface area is 177 Å². The lowest BCUT2D eigenvalue weighted by atomic mass is 9.92. The van der Waals surface area contributed by atoms with E-state index in [1.54, 1.807) is 54.6 Å². The average molecular weight is 421 g/mol. The van der Waals surface area contributed by atoms with Gasteiger partial charge in [-0.15, -0.1) is 0 Å². The fraction of sp³-hybridized carbons (Fsp3) is 0.0909. The smallest absolute Gasteiger partial charge is 0.256 e. The van der Waals surface area contributed by atoms with Gasteiger partial charge in [0.2, 0.25) is 11.6 Å². The minimum atomic E-state index is -0.380. The highest BCUT2D eigenvalue weighted by molar-refractivity contribution is 6.49. The van der Waals surface area contributed by atoms with Gasteiger partial charge < -0.3 is 10.6 Å². The number of benzene rings is 2. The van der Waals surface area contributed by atoms with Crippen LogP contribution in [0.3, 0.4) is 0 Å². The molecule has 0 unspecified atom stereocenters. The SMILES string of the molecule is Cc1cc(NC(=O)c2ccc(CNC3=C(Cl)C(=O)c4ccccc4C3=O)cc2)n[nH]1. The number of amides is 1. The molecule has 1 heterocycles. The molecule has 8 heteroatoms. The highest BCUT2D eigenvalue weighted by Gasteiger charge is 2.30. The highest BCUT2D eigenvalue weighted by atomic mass is 35.5. The second-order valence-corrected chi connectivity index (χ2v) is 7.21. The number of halogens is 1. The van der Waals surface area contributed by atoms with Crippen LogP contribution in [0.4, 0.5) is 5.82 Å². The quantitative estimate of drug-likeness (QED) is 0.585. The maximum atomic E-state index is 12.7. The number of Topliss-reactive ketones (excluding diaryl/α,β-unsaturated/α-hetero) is 2. The molecule has 0 saturated carbocycles. The van der Waals surface area contributed by atoms with Crippen molar-refractivity contribution in [2.24, 2.45) is 0 Å². The molecule has 0 radical (unpaired) electrons. The number of anilines is 1. The number of nitrogens with zero attached hydrogens (tertiary/aromatic N) is 1. The van der Waals surface area contributed by atoms with E-state index in [-0.39, 0.29) is 34.7 Å². The van der Waals surface area contributed by atoms with Crippen LogP contribution in [0.2, 0.25) is 0 Å². The number of hydrogen-bond donors (Lipinski definition) is 3. The summed E-state index contributed by atoms with van der Waals surface area (Å²) in [4.78, 5) is 37.4. The number of allylic oxidation sites excluding steroid dienone is 2. The van der Waals surface area contributed by atoms with E-state index in [2.05, 4.69) is 20.8 Å². The largest absolute Gasteiger partial charge is 0.376 e. The number of carbonyl (C=O) groups is 3. The van der Waals surface area contributed by atoms with Crippen molar-refractivity contribution in [3.05, 3.63) is 93.3 Å². The van der Waals surface area contributed by atoms with Gasteiger partial charge in [-0.3, -0.25) is 19.5 Å². The third-order valence-corrected chi connectivity index (χ3v) is 5.06. The summed E-state index contributed by atoms with van der Waals surface area (Å²) in [5.74, 6) is -0.530. The Morgan fingerprint density at radius 3 is 2.33 bits per heavy atom. The third-order valence-electron chi connectivity index (χ3n) is 4.70. The minimum Gasteiger partial charge on any atom is -0.376 e. The molecule has 0 fully saturated rings. The molecule has 1 aliphatic carbocycles. The summed E-state index contributed by atoms with van der Waals surface area (Å²) >= 11 is 6.15. The first-order chi connectivity index (χ1) is 14.4. The van der Waals surface area contributed by atoms with Crippen molar-refractivity contribution < 1.29 is 14.4 Å². The van der Waals surface area contributed by atoms with E-state index in [0.29, 0.717) is 22.5 Å². The number of aromatic nitrogens is 2. The maximum absolute atomic E-state index is 12.7. The van der Waals surface area contributed by atoms with Gasteiger partial charge >= 0.3 is 0 Å². The van der Waals surface area contributed by atoms with E-state index < -0.39 is 0 Å². The van der Waals surface area contributed by atoms with E-state index in [4.69, 9.17) is 11.6 Å². The van der Waals surface area contributed by atoms with Crippen molar-refractivity contribution in [3.8, 4) is 0 Å². The van der Waals surface area contributed by atoms with Crippen LogP contribution in [0, 0.1) is 6.92 Å². The fourth-order valence-corrected chi connectivity index (χ4v) is 3.39. The number of rotatable bonds is 5. The lowest BCUT2D eigenvalue weighted by Gasteiger charge is -2.19. The molecule has 0 atom stereocenters. The molecular formula is C22H17ClN4O3. The van der Waals surface area contributed by atoms with Gasteiger partial charge in [0, 0.05) is 35.0 Å². The Morgan fingerprint density at radius 1 is 1.03 bits per heavy atom. The predicted molar refractivity (Wildman–Crippen MR) is 113 cm³/mol. The molecule has 0 saturated heterocycles. The van der Waals surface area contributed by atoms with Crippen LogP contribution in [0.1, 0.15) is 42.3 Å². The minimum absolute atomic E-state index is 0.0797. The van der Waals surface area contributed by atoms with Crippen molar-refractivity contribution in [3.63, 3.8) is 0 Å². The summed E-state index contributed by atoms with van der Waals surface area (Å²) < 4.78 is 0. The fourth-order valence-electron chi connectivity index (χ4n) is 3.14. The number of hydrogen-bond acceptors (Lipinski definition) is 5. The summed E-state index contributed by atoms with van der Waals surface area (Å²) in [6.07, 6.45) is 0. The summed E-state index contributed by atoms with van der Waals surface area (Å²) in [6.45, 7) is 2.11. The Balaban J connectivity index is 1.44. The second-order valence-electron chi connectivity index (χ2n) is 6.83. The summed E-state index contributed by atoms with van der Waals surface area (Å²) in [5, 5.41) is 12.3. The molecule has 1 aromatic heterocycles. The summed E-state index contributed by atoms with van der Waals surface area (Å²) in [7, 11) is 0. The molecule has 0 aliphatic heterocycles. The van der Waals surface area contributed by atoms with Crippen LogP contribution in [0.5, 0.6) is 0 Å². The van der Waals surface area contributed by atoms with Gasteiger partial charge in [0.1, 0.15) is 10.7 Å². The van der Waals surface area contributed by atoms with Crippen molar-refractivity contribution >= 4 is 34.9 Å². The molecule has 2 aromatic carbocycles. The van der Waals surface area contributed by atoms with Gasteiger partial charge in [-0.2, -0.15) is 5.10 Å². The van der Waals surface area contributed by atoms with Crippen LogP contribution < -0.4 is 10.6 Å². The Bertz CT molecular complexity index is 1200. The highest BCUT2D eigenvalue weighted by Crippen LogP contribution is 2.27. The van der Waals surface area contributed by atoms with Gasteiger partial charge in [-0.1, -0.05) is 48.0 Å². The van der Waals surface area contributed by atoms with Crippen LogP contribution in [-0.2, 0) is 6.54 Å². The molecule has 3 N–H and O–H groups in total. The number of H-pyrrole nitrogens is 1. The van der Waals surface area contributed by atoms with E-state index in [1.165, 1.54) is 0 Å². The maximum Gasteiger partial charge on any atom is 0.256 e. The average Bonchev–Trinajstić information content (AvgIpc) is 3.17. The first kappa shape index (κ1) is 19.6. The van der Waals surface area contributed by atoms with Crippen molar-refractivity contribution in [2.75, 3.05) is 5.32 Å². The topological polar surface area (TPSA) is 104 Å². The zero-order valence-electron chi connectivity index (χ0n) is 16.0. The number of carbonyl (C=O) groups excluding carboxylic acids is 3. The molecule has 30 heavy (non-hydrogen) atoms. The normalized spacial score (nSPS) is 13.3. The van der Waals surface area contributed by atoms with E-state index >= 15 is 0 Å². The standard InChI is InChI=1S/C22H17ClN4O3/c1-12-10-17(27-26-12)25-22(30)14-8-6-13(7-9-14)11-24-19-18(23)20(28)15-4-2-3-5-16(15)21(19)29/h2-10,24H,11H2,1H3,(H2,25,26,27,30). The van der Waals surface area contributed by atoms with Gasteiger partial charge in [-0.25, -0.2) is 0 Å². The zero-order valence-corrected chi connectivity index (χ0v) is 16.7. The van der Waals surface area contributed by atoms with E-state index in [1.807, 2.05) is 6.92 Å². The molecule has 0 bridgehead atoms. The molecule has 4 rings (SSSR count). The van der Waals surface area contributed by atoms with Crippen molar-refractivity contribution in [2.45, 2.75) is 13.5 Å². The van der Waals surface area contributed by atoms with Gasteiger partial charge in [0.05, 0.1) is 0 Å². The summed E-state index contributed by atoms with van der Waals surface area (Å²) in [5.41, 5.74) is 2.84. The number of nitrogens with one attached hydrogen (secondary N) is 3. The molecule has 1 aliphatic rings. The Hall–Kier alpha value is -3.71. The summed E-state index contributed by atoms with van der Waals surface area (Å²) in [6, 6.07) is 15.2. The van der Waals surface area contributed by atoms with E-state index in [9.17, 15) is 14.4 Å². The number of fused-ring (bicyclic) bond motifs is 1. The molecular weight excluding hydrogens is 404 g/mol. The molecule has 3 aromatic rings. The molecule has 150 valence electrons. The Kier molecular flexibility index (Phi) is 5.20. The predicted octanol–water partition coefficient (Wildman–Crippen LogP) is 3.59. The van der Waals surface area contributed by atoms with Gasteiger partial charge in [0.25, 0.3) is 5.91 Å². The van der Waals surface area contributed by atoms with Crippen LogP contribution >= 0.6 is 11.6 Å². The number of ketones is 2. The van der Waals surface area contributed by atoms with Crippen LogP contribution in [-0.4, -0.2) is 27.7 Å². The zero-order chi connectivity index (χ0) is 21.3. The first-order valence-electron chi connectivity index (χ1n) is 9.18. The van der Waals surface area contributed by atoms with Gasteiger partial charge in [0.15, 0.2) is 5.82 Å². The molecule has 7 nitrogen and oxygen atoms in total.